The van der Waals surface area contributed by atoms with Gasteiger partial charge >= 0.3 is 0 Å². The molecule has 0 amide bonds. The van der Waals surface area contributed by atoms with E-state index < -0.39 is 0 Å². The Morgan fingerprint density at radius 1 is 0.202 bits per heavy atom. The van der Waals surface area contributed by atoms with E-state index in [1.807, 2.05) is 0 Å². The molecule has 26 rings (SSSR count). The van der Waals surface area contributed by atoms with Gasteiger partial charge in [0.1, 0.15) is 44.7 Å². The smallest absolute Gasteiger partial charge is 0.145 e. The number of fused-ring (bicyclic) bond motifs is 40. The Morgan fingerprint density at radius 2 is 0.548 bits per heavy atom. The van der Waals surface area contributed by atoms with E-state index in [1.54, 1.807) is 0 Å². The topological polar surface area (TPSA) is 70.2 Å². The van der Waals surface area contributed by atoms with E-state index in [9.17, 15) is 0 Å². The number of para-hydroxylation sites is 6. The van der Waals surface area contributed by atoms with Crippen LogP contribution >= 0.6 is 0 Å². The van der Waals surface area contributed by atoms with E-state index in [0.29, 0.717) is 0 Å². The predicted octanol–water partition coefficient (Wildman–Crippen LogP) is 28.0. The Bertz CT molecular complexity index is 8480. The third-order valence-corrected chi connectivity index (χ3v) is 25.0. The molecule has 0 saturated carbocycles. The zero-order valence-corrected chi connectivity index (χ0v) is 58.4. The maximum Gasteiger partial charge on any atom is 0.145 e. The molecule has 8 nitrogen and oxygen atoms in total. The average Bonchev–Trinajstić information content (AvgIpc) is 1.49. The second-order valence-electron chi connectivity index (χ2n) is 31.5. The summed E-state index contributed by atoms with van der Waals surface area (Å²) < 4.78 is 39.3. The summed E-state index contributed by atoms with van der Waals surface area (Å²) in [7, 11) is 0. The first kappa shape index (κ1) is 55.2. The van der Waals surface area contributed by atoms with Crippen LogP contribution in [0.3, 0.4) is 0 Å². The van der Waals surface area contributed by atoms with Crippen molar-refractivity contribution in [3.05, 3.63) is 229 Å². The van der Waals surface area contributed by atoms with Crippen LogP contribution in [0.5, 0.6) is 0 Å². The molecule has 0 spiro atoms. The molecule has 0 aliphatic carbocycles. The summed E-state index contributed by atoms with van der Waals surface area (Å²) in [5.41, 5.74) is 29.8. The van der Waals surface area contributed by atoms with Crippen molar-refractivity contribution in [1.29, 1.82) is 0 Å². The molecule has 0 N–H and O–H groups in total. The zero-order valence-electron chi connectivity index (χ0n) is 58.4. The SMILES string of the molecule is CC(C)c1c2c3c4oc5ccccc5c4cc4c5ccccc5n(c2c(C(C)C)c2c5c6oc7ccccc7c6cc6c7cc(-c8ccc9oc%10cc%11c%12c(C(C)C)c%13c(c(C(C)C)c%12n%12c%14ccccc%14c(c%10c9c8)c%11%12)c8cc9oc%10ccccc%10c9c9c%10ccccc%10n%13c89)ccc7n(c12)c65)c43. The first-order valence-electron chi connectivity index (χ1n) is 37.1. The summed E-state index contributed by atoms with van der Waals surface area (Å²) in [4.78, 5) is 0. The molecule has 490 valence electrons. The van der Waals surface area contributed by atoms with Gasteiger partial charge in [-0.05, 0) is 142 Å². The molecule has 8 heteroatoms. The van der Waals surface area contributed by atoms with Crippen LogP contribution in [0.4, 0.5) is 0 Å². The van der Waals surface area contributed by atoms with Gasteiger partial charge in [-0.15, -0.1) is 0 Å². The van der Waals surface area contributed by atoms with Crippen LogP contribution in [0.25, 0.3) is 251 Å². The van der Waals surface area contributed by atoms with Crippen molar-refractivity contribution in [3.63, 3.8) is 0 Å². The molecule has 0 bridgehead atoms. The van der Waals surface area contributed by atoms with E-state index in [1.165, 1.54) is 180 Å². The standard InChI is InChI=1S/C96H62N4O4/c1-43(2)73-81-61-41-71-77(54-26-14-20-32-69(54)101-71)79-52-24-10-16-28-64(52)98(89(61)79)91(81)74(44(3)4)82-62-42-72-78(80-53-25-11-17-29-65(53)99(90(62)80)92(73)82)60-38-48(34-36-70(60)102-72)47-33-35-66-55(37-47)57-40-59-51-23-13-19-31-68(51)104-96(59)86-84-75(45(5)6)93-83(76(46(7)8)94(84)100(66)88(57)86)85-87-56(49-21-9-15-27-63(49)97(87)93)39-58-50-22-12-18-30-67(50)103-95(58)85/h9-46H,1-8H3. The molecular formula is C96H62N4O4. The molecule has 0 atom stereocenters. The number of benzene rings is 14. The summed E-state index contributed by atoms with van der Waals surface area (Å²) >= 11 is 0. The minimum Gasteiger partial charge on any atom is -0.456 e. The Hall–Kier alpha value is -12.5. The van der Waals surface area contributed by atoms with Crippen LogP contribution in [-0.4, -0.2) is 17.6 Å². The normalized spacial score (nSPS) is 13.5. The number of rotatable bonds is 5. The quantitative estimate of drug-likeness (QED) is 0.172. The lowest BCUT2D eigenvalue weighted by Crippen LogP contribution is -2.01. The van der Waals surface area contributed by atoms with E-state index in [0.717, 1.165) is 93.5 Å². The van der Waals surface area contributed by atoms with Crippen LogP contribution in [-0.2, 0) is 0 Å². The second kappa shape index (κ2) is 18.2. The molecular weight excluding hydrogens is 1270 g/mol. The van der Waals surface area contributed by atoms with Crippen LogP contribution in [0, 0.1) is 0 Å². The highest BCUT2D eigenvalue weighted by Crippen LogP contribution is 2.59. The van der Waals surface area contributed by atoms with Gasteiger partial charge in [0.05, 0.1) is 77.0 Å². The molecule has 14 aromatic carbocycles. The zero-order chi connectivity index (χ0) is 68.4. The first-order valence-corrected chi connectivity index (χ1v) is 37.1. The monoisotopic (exact) mass is 1330 g/mol. The largest absolute Gasteiger partial charge is 0.456 e. The Kier molecular flexibility index (Phi) is 9.66. The summed E-state index contributed by atoms with van der Waals surface area (Å²) in [5.74, 6) is 0.556. The molecule has 0 unspecified atom stereocenters. The fourth-order valence-corrected chi connectivity index (χ4v) is 21.3. The van der Waals surface area contributed by atoms with E-state index in [2.05, 4.69) is 279 Å². The Morgan fingerprint density at radius 3 is 1.04 bits per heavy atom. The maximum absolute atomic E-state index is 7.33. The predicted molar refractivity (Wildman–Crippen MR) is 436 cm³/mol. The van der Waals surface area contributed by atoms with Crippen molar-refractivity contribution in [2.45, 2.75) is 79.1 Å². The van der Waals surface area contributed by atoms with Crippen LogP contribution in [0.1, 0.15) is 101 Å². The van der Waals surface area contributed by atoms with E-state index in [4.69, 9.17) is 17.7 Å². The maximum atomic E-state index is 7.33. The van der Waals surface area contributed by atoms with Gasteiger partial charge in [-0.1, -0.05) is 177 Å². The van der Waals surface area contributed by atoms with Crippen LogP contribution in [0.15, 0.2) is 224 Å². The highest BCUT2D eigenvalue weighted by Gasteiger charge is 2.37. The molecule has 0 radical (unpaired) electrons. The molecule has 12 aromatic heterocycles. The first-order chi connectivity index (χ1) is 51.0. The van der Waals surface area contributed by atoms with Gasteiger partial charge in [-0.3, -0.25) is 0 Å². The van der Waals surface area contributed by atoms with Crippen LogP contribution < -0.4 is 0 Å². The van der Waals surface area contributed by atoms with E-state index >= 15 is 0 Å². The molecule has 104 heavy (non-hydrogen) atoms. The highest BCUT2D eigenvalue weighted by atomic mass is 16.3. The van der Waals surface area contributed by atoms with Crippen molar-refractivity contribution in [1.82, 2.24) is 17.6 Å². The molecule has 0 saturated heterocycles. The van der Waals surface area contributed by atoms with Gasteiger partial charge in [-0.2, -0.15) is 0 Å². The summed E-state index contributed by atoms with van der Waals surface area (Å²) in [6, 6.07) is 76.8. The van der Waals surface area contributed by atoms with Crippen LogP contribution in [0.2, 0.25) is 0 Å². The number of aromatic nitrogens is 4. The van der Waals surface area contributed by atoms with Crippen molar-refractivity contribution in [2.75, 3.05) is 0 Å². The second-order valence-corrected chi connectivity index (χ2v) is 31.5. The van der Waals surface area contributed by atoms with Crippen molar-refractivity contribution >= 4 is 240 Å². The number of hydrogen-bond acceptors (Lipinski definition) is 4. The fraction of sp³-hybridized carbons (Fsp3) is 0.125. The minimum atomic E-state index is 0.110. The number of furan rings is 4. The lowest BCUT2D eigenvalue weighted by atomic mass is 9.86. The van der Waals surface area contributed by atoms with E-state index in [-0.39, 0.29) is 23.7 Å². The van der Waals surface area contributed by atoms with Crippen molar-refractivity contribution < 1.29 is 17.7 Å². The molecule has 26 aromatic rings. The third kappa shape index (κ3) is 6.08. The molecule has 0 fully saturated rings. The van der Waals surface area contributed by atoms with Crippen molar-refractivity contribution in [3.8, 4) is 11.1 Å². The summed E-state index contributed by atoms with van der Waals surface area (Å²) in [5, 5.41) is 29.1. The summed E-state index contributed by atoms with van der Waals surface area (Å²) in [6.07, 6.45) is 0. The summed E-state index contributed by atoms with van der Waals surface area (Å²) in [6.45, 7) is 19.2. The number of nitrogens with zero attached hydrogens (tertiary/aromatic N) is 4. The number of hydrogen-bond donors (Lipinski definition) is 0. The Balaban J connectivity index is 0.767. The fourth-order valence-electron chi connectivity index (χ4n) is 21.3. The van der Waals surface area contributed by atoms with Gasteiger partial charge in [0.15, 0.2) is 0 Å². The lowest BCUT2D eigenvalue weighted by Gasteiger charge is -2.19. The molecule has 0 aliphatic heterocycles. The van der Waals surface area contributed by atoms with Gasteiger partial charge in [-0.25, -0.2) is 0 Å². The molecule has 12 heterocycles. The average molecular weight is 1340 g/mol. The van der Waals surface area contributed by atoms with Gasteiger partial charge in [0.25, 0.3) is 0 Å². The third-order valence-electron chi connectivity index (χ3n) is 25.0. The van der Waals surface area contributed by atoms with Crippen molar-refractivity contribution in [2.24, 2.45) is 0 Å². The molecule has 0 aliphatic rings. The van der Waals surface area contributed by atoms with Gasteiger partial charge in [0.2, 0.25) is 0 Å². The Labute approximate surface area is 590 Å². The highest BCUT2D eigenvalue weighted by molar-refractivity contribution is 6.43. The van der Waals surface area contributed by atoms with Gasteiger partial charge in [0, 0.05) is 118 Å². The lowest BCUT2D eigenvalue weighted by molar-refractivity contribution is 0.669. The van der Waals surface area contributed by atoms with Gasteiger partial charge < -0.3 is 35.3 Å². The minimum absolute atomic E-state index is 0.110.